The van der Waals surface area contributed by atoms with E-state index >= 15 is 0 Å². The van der Waals surface area contributed by atoms with Gasteiger partial charge in [0.2, 0.25) is 0 Å². The van der Waals surface area contributed by atoms with Gasteiger partial charge in [0.05, 0.1) is 30.1 Å². The third-order valence-corrected chi connectivity index (χ3v) is 5.82. The molecule has 4 rings (SSSR count). The summed E-state index contributed by atoms with van der Waals surface area (Å²) in [6.07, 6.45) is 1.59. The first-order valence-corrected chi connectivity index (χ1v) is 11.6. The van der Waals surface area contributed by atoms with E-state index in [-0.39, 0.29) is 12.5 Å². The van der Waals surface area contributed by atoms with E-state index in [1.165, 1.54) is 0 Å². The predicted octanol–water partition coefficient (Wildman–Crippen LogP) is 3.78. The minimum Gasteiger partial charge on any atom is -0.492 e. The summed E-state index contributed by atoms with van der Waals surface area (Å²) < 4.78 is 18.8. The Labute approximate surface area is 204 Å². The van der Waals surface area contributed by atoms with E-state index in [1.54, 1.807) is 10.9 Å². The topological polar surface area (TPSA) is 77.8 Å². The number of aromatic nitrogens is 2. The van der Waals surface area contributed by atoms with Crippen molar-refractivity contribution in [2.75, 3.05) is 51.4 Å². The molecule has 2 aromatic carbocycles. The number of nitrogens with zero attached hydrogens (tertiary/aromatic N) is 3. The molecule has 0 saturated carbocycles. The van der Waals surface area contributed by atoms with Gasteiger partial charge in [-0.15, -0.1) is 0 Å². The maximum absolute atomic E-state index is 12.5. The van der Waals surface area contributed by atoms with E-state index in [1.807, 2.05) is 56.4 Å². The molecule has 34 heavy (non-hydrogen) atoms. The van der Waals surface area contributed by atoms with E-state index in [0.717, 1.165) is 49.7 Å². The molecule has 2 heterocycles. The molecule has 0 atom stereocenters. The average Bonchev–Trinajstić information content (AvgIpc) is 3.17. The van der Waals surface area contributed by atoms with Crippen molar-refractivity contribution in [3.8, 4) is 22.8 Å². The largest absolute Gasteiger partial charge is 0.492 e. The van der Waals surface area contributed by atoms with Gasteiger partial charge in [-0.05, 0) is 42.8 Å². The molecule has 8 nitrogen and oxygen atoms in total. The highest BCUT2D eigenvalue weighted by Gasteiger charge is 2.17. The van der Waals surface area contributed by atoms with Crippen LogP contribution in [0.4, 0.5) is 5.69 Å². The Kier molecular flexibility index (Phi) is 8.05. The van der Waals surface area contributed by atoms with Crippen molar-refractivity contribution in [3.05, 3.63) is 59.2 Å². The lowest BCUT2D eigenvalue weighted by atomic mass is 10.1. The van der Waals surface area contributed by atoms with Gasteiger partial charge < -0.3 is 19.5 Å². The fraction of sp³-hybridized carbons (Fsp3) is 0.360. The smallest absolute Gasteiger partial charge is 0.262 e. The molecule has 1 N–H and O–H groups in total. The monoisotopic (exact) mass is 484 g/mol. The Morgan fingerprint density at radius 3 is 2.74 bits per heavy atom. The number of carbonyl (C=O) groups is 1. The number of amides is 1. The molecule has 1 amide bonds. The van der Waals surface area contributed by atoms with Crippen LogP contribution in [0.15, 0.2) is 48.7 Å². The Balaban J connectivity index is 1.45. The van der Waals surface area contributed by atoms with Crippen molar-refractivity contribution in [1.82, 2.24) is 14.7 Å². The molecular weight excluding hydrogens is 456 g/mol. The Bertz CT molecular complexity index is 1110. The van der Waals surface area contributed by atoms with Crippen LogP contribution in [0.3, 0.4) is 0 Å². The lowest BCUT2D eigenvalue weighted by molar-refractivity contribution is -0.118. The van der Waals surface area contributed by atoms with E-state index in [4.69, 9.17) is 25.8 Å². The molecule has 0 radical (unpaired) electrons. The summed E-state index contributed by atoms with van der Waals surface area (Å²) in [7, 11) is 1.82. The summed E-state index contributed by atoms with van der Waals surface area (Å²) in [5, 5.41) is 7.64. The van der Waals surface area contributed by atoms with Crippen LogP contribution in [0.2, 0.25) is 5.02 Å². The number of nitrogens with one attached hydrogen (secondary N) is 1. The van der Waals surface area contributed by atoms with E-state index in [0.29, 0.717) is 28.8 Å². The van der Waals surface area contributed by atoms with Crippen molar-refractivity contribution in [2.24, 2.45) is 7.05 Å². The SMILES string of the molecule is Cc1cccc(OCC(=O)Nc2ccc(OCCN3CCOCC3)c(-c3c(Cl)cnn3C)c2)c1. The minimum atomic E-state index is -0.260. The number of hydrogen-bond acceptors (Lipinski definition) is 6. The highest BCUT2D eigenvalue weighted by molar-refractivity contribution is 6.33. The molecule has 9 heteroatoms. The van der Waals surface area contributed by atoms with E-state index in [9.17, 15) is 4.79 Å². The molecule has 3 aromatic rings. The predicted molar refractivity (Wildman–Crippen MR) is 132 cm³/mol. The zero-order valence-corrected chi connectivity index (χ0v) is 20.2. The van der Waals surface area contributed by atoms with E-state index < -0.39 is 0 Å². The molecule has 1 saturated heterocycles. The van der Waals surface area contributed by atoms with Gasteiger partial charge in [-0.3, -0.25) is 14.4 Å². The van der Waals surface area contributed by atoms with Gasteiger partial charge in [0.1, 0.15) is 18.1 Å². The molecule has 0 aliphatic carbocycles. The first kappa shape index (κ1) is 24.1. The number of anilines is 1. The molecule has 1 fully saturated rings. The molecule has 0 spiro atoms. The van der Waals surface area contributed by atoms with Gasteiger partial charge >= 0.3 is 0 Å². The highest BCUT2D eigenvalue weighted by atomic mass is 35.5. The maximum atomic E-state index is 12.5. The maximum Gasteiger partial charge on any atom is 0.262 e. The number of ether oxygens (including phenoxy) is 3. The number of benzene rings is 2. The number of rotatable bonds is 9. The molecule has 1 aliphatic rings. The zero-order valence-electron chi connectivity index (χ0n) is 19.4. The average molecular weight is 485 g/mol. The van der Waals surface area contributed by atoms with Crippen molar-refractivity contribution in [3.63, 3.8) is 0 Å². The first-order valence-electron chi connectivity index (χ1n) is 11.2. The van der Waals surface area contributed by atoms with Crippen LogP contribution in [0, 0.1) is 6.92 Å². The third kappa shape index (κ3) is 6.28. The Hall–Kier alpha value is -3.07. The molecule has 0 bridgehead atoms. The number of hydrogen-bond donors (Lipinski definition) is 1. The van der Waals surface area contributed by atoms with Crippen LogP contribution in [-0.2, 0) is 16.6 Å². The molecule has 0 unspecified atom stereocenters. The standard InChI is InChI=1S/C25H29ClN4O4/c1-18-4-3-5-20(14-18)34-17-24(31)28-19-6-7-23(33-13-10-30-8-11-32-12-9-30)21(15-19)25-22(26)16-27-29(25)2/h3-7,14-16H,8-13,17H2,1-2H3,(H,28,31). The molecular formula is C25H29ClN4O4. The van der Waals surface area contributed by atoms with Crippen LogP contribution in [-0.4, -0.2) is 66.6 Å². The summed E-state index contributed by atoms with van der Waals surface area (Å²) >= 11 is 6.43. The van der Waals surface area contributed by atoms with Gasteiger partial charge in [-0.1, -0.05) is 23.7 Å². The van der Waals surface area contributed by atoms with Crippen LogP contribution in [0.1, 0.15) is 5.56 Å². The summed E-state index contributed by atoms with van der Waals surface area (Å²) in [6, 6.07) is 13.1. The zero-order chi connectivity index (χ0) is 23.9. The third-order valence-electron chi connectivity index (χ3n) is 5.54. The number of halogens is 1. The van der Waals surface area contributed by atoms with E-state index in [2.05, 4.69) is 15.3 Å². The Morgan fingerprint density at radius 2 is 2.00 bits per heavy atom. The van der Waals surface area contributed by atoms with Gasteiger partial charge in [0.15, 0.2) is 6.61 Å². The van der Waals surface area contributed by atoms with Crippen LogP contribution in [0.25, 0.3) is 11.3 Å². The molecule has 180 valence electrons. The summed E-state index contributed by atoms with van der Waals surface area (Å²) in [4.78, 5) is 14.8. The van der Waals surface area contributed by atoms with Gasteiger partial charge in [-0.25, -0.2) is 0 Å². The van der Waals surface area contributed by atoms with Gasteiger partial charge in [0.25, 0.3) is 5.91 Å². The van der Waals surface area contributed by atoms with Crippen molar-refractivity contribution < 1.29 is 19.0 Å². The van der Waals surface area contributed by atoms with Crippen molar-refractivity contribution >= 4 is 23.2 Å². The summed E-state index contributed by atoms with van der Waals surface area (Å²) in [5.74, 6) is 1.07. The number of carbonyl (C=O) groups excluding carboxylic acids is 1. The van der Waals surface area contributed by atoms with Crippen molar-refractivity contribution in [2.45, 2.75) is 6.92 Å². The number of aryl methyl sites for hydroxylation is 2. The quantitative estimate of drug-likeness (QED) is 0.498. The fourth-order valence-corrected chi connectivity index (χ4v) is 4.06. The number of morpholine rings is 1. The van der Waals surface area contributed by atoms with Crippen LogP contribution < -0.4 is 14.8 Å². The second-order valence-electron chi connectivity index (χ2n) is 8.13. The van der Waals surface area contributed by atoms with Gasteiger partial charge in [-0.2, -0.15) is 5.10 Å². The van der Waals surface area contributed by atoms with Crippen LogP contribution >= 0.6 is 11.6 Å². The van der Waals surface area contributed by atoms with Gasteiger partial charge in [0, 0.05) is 37.9 Å². The Morgan fingerprint density at radius 1 is 1.18 bits per heavy atom. The lowest BCUT2D eigenvalue weighted by Gasteiger charge is -2.26. The van der Waals surface area contributed by atoms with Crippen LogP contribution in [0.5, 0.6) is 11.5 Å². The fourth-order valence-electron chi connectivity index (χ4n) is 3.79. The first-order chi connectivity index (χ1) is 16.5. The second-order valence-corrected chi connectivity index (χ2v) is 8.54. The normalized spacial score (nSPS) is 14.1. The molecule has 1 aromatic heterocycles. The van der Waals surface area contributed by atoms with Crippen molar-refractivity contribution in [1.29, 1.82) is 0 Å². The summed E-state index contributed by atoms with van der Waals surface area (Å²) in [6.45, 7) is 6.51. The summed E-state index contributed by atoms with van der Waals surface area (Å²) in [5.41, 5.74) is 3.16. The molecule has 1 aliphatic heterocycles. The second kappa shape index (κ2) is 11.4. The minimum absolute atomic E-state index is 0.0942. The highest BCUT2D eigenvalue weighted by Crippen LogP contribution is 2.36. The lowest BCUT2D eigenvalue weighted by Crippen LogP contribution is -2.38.